The highest BCUT2D eigenvalue weighted by Gasteiger charge is 2.27. The van der Waals surface area contributed by atoms with Gasteiger partial charge >= 0.3 is 8.25 Å². The summed E-state index contributed by atoms with van der Waals surface area (Å²) < 4.78 is 21.6. The Labute approximate surface area is 103 Å². The zero-order valence-corrected chi connectivity index (χ0v) is 12.5. The molecule has 0 aromatic heterocycles. The van der Waals surface area contributed by atoms with Crippen LogP contribution >= 0.6 is 40.1 Å². The van der Waals surface area contributed by atoms with E-state index in [-0.39, 0.29) is 12.2 Å². The molecule has 14 heavy (non-hydrogen) atoms. The molecule has 0 heterocycles. The fourth-order valence-corrected chi connectivity index (χ4v) is 2.87. The summed E-state index contributed by atoms with van der Waals surface area (Å²) in [5.41, 5.74) is 0. The number of hydrogen-bond acceptors (Lipinski definition) is 3. The van der Waals surface area contributed by atoms with Gasteiger partial charge in [-0.2, -0.15) is 0 Å². The van der Waals surface area contributed by atoms with Gasteiger partial charge in [0.05, 0.1) is 0 Å². The number of rotatable bonds is 8. The van der Waals surface area contributed by atoms with Crippen LogP contribution in [0.5, 0.6) is 0 Å². The Kier molecular flexibility index (Phi) is 9.87. The van der Waals surface area contributed by atoms with E-state index in [1.807, 2.05) is 13.8 Å². The van der Waals surface area contributed by atoms with Crippen molar-refractivity contribution in [1.29, 1.82) is 0 Å². The third kappa shape index (κ3) is 8.30. The first-order valence-electron chi connectivity index (χ1n) is 4.52. The molecule has 0 fully saturated rings. The Morgan fingerprint density at radius 2 is 1.43 bits per heavy atom. The second-order valence-corrected chi connectivity index (χ2v) is 5.47. The summed E-state index contributed by atoms with van der Waals surface area (Å²) in [6.07, 6.45) is 1.59. The van der Waals surface area contributed by atoms with E-state index in [1.54, 1.807) is 0 Å². The minimum absolute atomic E-state index is 0.0332. The second-order valence-electron chi connectivity index (χ2n) is 3.01. The molecule has 0 aliphatic heterocycles. The van der Waals surface area contributed by atoms with Gasteiger partial charge < -0.3 is 0 Å². The fraction of sp³-hybridized carbons (Fsp3) is 1.00. The highest BCUT2D eigenvalue weighted by Crippen LogP contribution is 2.29. The van der Waals surface area contributed by atoms with Gasteiger partial charge in [0, 0.05) is 15.2 Å². The molecule has 6 heteroatoms. The smallest absolute Gasteiger partial charge is 0.116 e. The van der Waals surface area contributed by atoms with Crippen molar-refractivity contribution in [1.82, 2.24) is 0 Å². The van der Waals surface area contributed by atoms with Crippen molar-refractivity contribution in [3.63, 3.8) is 0 Å². The Morgan fingerprint density at radius 3 is 1.71 bits per heavy atom. The van der Waals surface area contributed by atoms with Crippen LogP contribution in [-0.4, -0.2) is 22.9 Å². The van der Waals surface area contributed by atoms with Crippen molar-refractivity contribution < 1.29 is 13.6 Å². The Hall–Kier alpha value is 0.980. The van der Waals surface area contributed by atoms with Crippen LogP contribution in [0.3, 0.4) is 0 Å². The van der Waals surface area contributed by atoms with Crippen LogP contribution in [-0.2, 0) is 13.6 Å². The highest BCUT2D eigenvalue weighted by molar-refractivity contribution is 9.09. The minimum atomic E-state index is -1.97. The van der Waals surface area contributed by atoms with E-state index >= 15 is 0 Å². The van der Waals surface area contributed by atoms with E-state index in [9.17, 15) is 4.57 Å². The zero-order chi connectivity index (χ0) is 11.0. The lowest BCUT2D eigenvalue weighted by molar-refractivity contribution is 0.142. The van der Waals surface area contributed by atoms with Gasteiger partial charge in [0.2, 0.25) is 0 Å². The number of alkyl halides is 2. The molecule has 0 aromatic carbocycles. The van der Waals surface area contributed by atoms with E-state index < -0.39 is 8.25 Å². The maximum absolute atomic E-state index is 11.3. The van der Waals surface area contributed by atoms with E-state index in [1.165, 1.54) is 0 Å². The summed E-state index contributed by atoms with van der Waals surface area (Å²) >= 11 is 6.59. The molecule has 0 aromatic rings. The Bertz CT molecular complexity index is 153. The van der Waals surface area contributed by atoms with Crippen LogP contribution in [0.2, 0.25) is 0 Å². The fourth-order valence-electron chi connectivity index (χ4n) is 0.731. The lowest BCUT2D eigenvalue weighted by atomic mass is 10.3. The van der Waals surface area contributed by atoms with Crippen molar-refractivity contribution >= 4 is 40.1 Å². The van der Waals surface area contributed by atoms with E-state index in [0.29, 0.717) is 0 Å². The molecular weight excluding hydrogens is 335 g/mol. The molecule has 0 bridgehead atoms. The average molecular weight is 351 g/mol. The summed E-state index contributed by atoms with van der Waals surface area (Å²) in [6.45, 7) is 3.76. The molecule has 0 aliphatic rings. The van der Waals surface area contributed by atoms with Crippen LogP contribution in [0.4, 0.5) is 0 Å². The van der Waals surface area contributed by atoms with Crippen LogP contribution in [0.15, 0.2) is 0 Å². The van der Waals surface area contributed by atoms with Gasteiger partial charge in [-0.15, -0.1) is 9.05 Å². The standard InChI is InChI=1S/C8H16Br2O3P/c1-7(3-5-9)12-14(11)13-8(2)4-6-10/h7-8H,3-6H2,1-2H3/q+1. The summed E-state index contributed by atoms with van der Waals surface area (Å²) in [7, 11) is -1.97. The lowest BCUT2D eigenvalue weighted by Gasteiger charge is -2.03. The van der Waals surface area contributed by atoms with Gasteiger partial charge in [0.15, 0.2) is 0 Å². The molecule has 0 saturated carbocycles. The summed E-state index contributed by atoms with van der Waals surface area (Å²) in [4.78, 5) is 0. The Balaban J connectivity index is 3.63. The topological polar surface area (TPSA) is 35.5 Å². The monoisotopic (exact) mass is 349 g/mol. The molecule has 0 aliphatic carbocycles. The molecule has 0 spiro atoms. The largest absolute Gasteiger partial charge is 0.697 e. The van der Waals surface area contributed by atoms with Gasteiger partial charge in [0.25, 0.3) is 0 Å². The molecule has 2 atom stereocenters. The van der Waals surface area contributed by atoms with Crippen LogP contribution in [0, 0.1) is 0 Å². The maximum Gasteiger partial charge on any atom is 0.697 e. The van der Waals surface area contributed by atoms with Crippen LogP contribution in [0.1, 0.15) is 26.7 Å². The summed E-state index contributed by atoms with van der Waals surface area (Å²) in [5, 5.41) is 1.68. The number of hydrogen-bond donors (Lipinski definition) is 0. The zero-order valence-electron chi connectivity index (χ0n) is 8.41. The highest BCUT2D eigenvalue weighted by atomic mass is 79.9. The third-order valence-corrected chi connectivity index (χ3v) is 3.54. The third-order valence-electron chi connectivity index (χ3n) is 1.56. The molecule has 84 valence electrons. The Morgan fingerprint density at radius 1 is 1.07 bits per heavy atom. The molecule has 3 nitrogen and oxygen atoms in total. The van der Waals surface area contributed by atoms with Gasteiger partial charge in [-0.3, -0.25) is 0 Å². The van der Waals surface area contributed by atoms with Crippen LogP contribution in [0.25, 0.3) is 0 Å². The molecule has 0 rings (SSSR count). The van der Waals surface area contributed by atoms with E-state index in [4.69, 9.17) is 9.05 Å². The maximum atomic E-state index is 11.3. The SMILES string of the molecule is CC(CCBr)O[P+](=O)OC(C)CCBr. The van der Waals surface area contributed by atoms with Crippen LogP contribution < -0.4 is 0 Å². The quantitative estimate of drug-likeness (QED) is 0.490. The first-order chi connectivity index (χ1) is 6.60. The first kappa shape index (κ1) is 15.0. The molecule has 0 N–H and O–H groups in total. The lowest BCUT2D eigenvalue weighted by Crippen LogP contribution is -2.08. The van der Waals surface area contributed by atoms with Crippen molar-refractivity contribution in [2.24, 2.45) is 0 Å². The van der Waals surface area contributed by atoms with E-state index in [2.05, 4.69) is 31.9 Å². The molecule has 0 radical (unpaired) electrons. The molecule has 2 unspecified atom stereocenters. The minimum Gasteiger partial charge on any atom is -0.116 e. The summed E-state index contributed by atoms with van der Waals surface area (Å²) in [5.74, 6) is 0. The second kappa shape index (κ2) is 9.22. The molecule has 0 amide bonds. The van der Waals surface area contributed by atoms with Crippen molar-refractivity contribution in [2.75, 3.05) is 10.7 Å². The van der Waals surface area contributed by atoms with Crippen molar-refractivity contribution in [3.05, 3.63) is 0 Å². The predicted molar refractivity (Wildman–Crippen MR) is 65.5 cm³/mol. The van der Waals surface area contributed by atoms with Gasteiger partial charge in [-0.1, -0.05) is 31.9 Å². The van der Waals surface area contributed by atoms with Gasteiger partial charge in [0.1, 0.15) is 12.2 Å². The summed E-state index contributed by atoms with van der Waals surface area (Å²) in [6, 6.07) is 0. The first-order valence-corrected chi connectivity index (χ1v) is 7.86. The number of halogens is 2. The molecule has 0 saturated heterocycles. The predicted octanol–water partition coefficient (Wildman–Crippen LogP) is 4.02. The van der Waals surface area contributed by atoms with Crippen molar-refractivity contribution in [2.45, 2.75) is 38.9 Å². The van der Waals surface area contributed by atoms with Gasteiger partial charge in [-0.25, -0.2) is 0 Å². The normalized spacial score (nSPS) is 16.4. The van der Waals surface area contributed by atoms with Crippen molar-refractivity contribution in [3.8, 4) is 0 Å². The van der Waals surface area contributed by atoms with Gasteiger partial charge in [-0.05, 0) is 26.7 Å². The molecular formula is C8H16Br2O3P+. The van der Waals surface area contributed by atoms with E-state index in [0.717, 1.165) is 23.5 Å². The average Bonchev–Trinajstić information content (AvgIpc) is 2.03.